The van der Waals surface area contributed by atoms with E-state index in [-0.39, 0.29) is 0 Å². The molecule has 3 aromatic heterocycles. The Labute approximate surface area is 322 Å². The van der Waals surface area contributed by atoms with E-state index in [1.165, 1.54) is 5.56 Å². The van der Waals surface area contributed by atoms with Crippen LogP contribution in [-0.2, 0) is 0 Å². The van der Waals surface area contributed by atoms with Gasteiger partial charge in [-0.1, -0.05) is 152 Å². The molecule has 0 saturated carbocycles. The summed E-state index contributed by atoms with van der Waals surface area (Å²) >= 11 is 0. The predicted molar refractivity (Wildman–Crippen MR) is 229 cm³/mol. The van der Waals surface area contributed by atoms with Crippen LogP contribution in [0.2, 0.25) is 0 Å². The molecule has 11 rings (SSSR count). The molecule has 8 aromatic carbocycles. The van der Waals surface area contributed by atoms with Crippen LogP contribution >= 0.6 is 0 Å². The van der Waals surface area contributed by atoms with E-state index >= 15 is 0 Å². The van der Waals surface area contributed by atoms with Crippen molar-refractivity contribution in [2.45, 2.75) is 0 Å². The van der Waals surface area contributed by atoms with Crippen molar-refractivity contribution in [2.75, 3.05) is 0 Å². The number of fused-ring (bicyclic) bond motifs is 6. The summed E-state index contributed by atoms with van der Waals surface area (Å²) in [6, 6.07) is 67.5. The molecule has 11 aromatic rings. The summed E-state index contributed by atoms with van der Waals surface area (Å²) in [5.74, 6) is 1.83. The smallest absolute Gasteiger partial charge is 0.238 e. The second kappa shape index (κ2) is 13.0. The van der Waals surface area contributed by atoms with Crippen molar-refractivity contribution in [1.82, 2.24) is 19.5 Å². The second-order valence-corrected chi connectivity index (χ2v) is 14.1. The molecule has 0 unspecified atom stereocenters. The molecule has 0 spiro atoms. The number of hydrogen-bond acceptors (Lipinski definition) is 4. The average Bonchev–Trinajstić information content (AvgIpc) is 3.82. The molecule has 0 fully saturated rings. The van der Waals surface area contributed by atoms with Gasteiger partial charge in [-0.25, -0.2) is 4.98 Å². The number of furan rings is 1. The number of hydrogen-bond donors (Lipinski definition) is 0. The number of nitrogens with zero attached hydrogens (tertiary/aromatic N) is 4. The summed E-state index contributed by atoms with van der Waals surface area (Å²) in [7, 11) is 0. The van der Waals surface area contributed by atoms with Gasteiger partial charge in [-0.2, -0.15) is 9.97 Å². The topological polar surface area (TPSA) is 56.7 Å². The molecule has 0 atom stereocenters. The third kappa shape index (κ3) is 5.45. The molecule has 0 aliphatic carbocycles. The van der Waals surface area contributed by atoms with Gasteiger partial charge in [0.2, 0.25) is 5.95 Å². The molecular formula is C51H32N4O. The zero-order chi connectivity index (χ0) is 37.0. The summed E-state index contributed by atoms with van der Waals surface area (Å²) in [5, 5.41) is 4.55. The molecule has 0 saturated heterocycles. The van der Waals surface area contributed by atoms with Crippen molar-refractivity contribution in [2.24, 2.45) is 0 Å². The highest BCUT2D eigenvalue weighted by Crippen LogP contribution is 2.37. The van der Waals surface area contributed by atoms with E-state index in [9.17, 15) is 0 Å². The zero-order valence-corrected chi connectivity index (χ0v) is 30.2. The maximum atomic E-state index is 6.33. The van der Waals surface area contributed by atoms with E-state index in [4.69, 9.17) is 19.4 Å². The lowest BCUT2D eigenvalue weighted by Crippen LogP contribution is -2.06. The van der Waals surface area contributed by atoms with Crippen molar-refractivity contribution in [3.63, 3.8) is 0 Å². The number of benzene rings is 8. The largest absolute Gasteiger partial charge is 0.456 e. The molecule has 0 aliphatic rings. The van der Waals surface area contributed by atoms with Gasteiger partial charge in [-0.3, -0.25) is 4.57 Å². The Morgan fingerprint density at radius 2 is 0.786 bits per heavy atom. The minimum atomic E-state index is 0.585. The van der Waals surface area contributed by atoms with Gasteiger partial charge < -0.3 is 4.42 Å². The highest BCUT2D eigenvalue weighted by atomic mass is 16.3. The third-order valence-electron chi connectivity index (χ3n) is 10.7. The molecule has 3 heterocycles. The van der Waals surface area contributed by atoms with Crippen molar-refractivity contribution in [3.05, 3.63) is 194 Å². The molecule has 56 heavy (non-hydrogen) atoms. The molecule has 5 nitrogen and oxygen atoms in total. The van der Waals surface area contributed by atoms with Gasteiger partial charge in [0.1, 0.15) is 11.2 Å². The van der Waals surface area contributed by atoms with Crippen LogP contribution in [0.5, 0.6) is 0 Å². The van der Waals surface area contributed by atoms with Crippen LogP contribution < -0.4 is 0 Å². The summed E-state index contributed by atoms with van der Waals surface area (Å²) < 4.78 is 8.48. The number of rotatable bonds is 6. The van der Waals surface area contributed by atoms with Crippen molar-refractivity contribution < 1.29 is 4.42 Å². The van der Waals surface area contributed by atoms with E-state index < -0.39 is 0 Å². The van der Waals surface area contributed by atoms with Gasteiger partial charge in [-0.05, 0) is 75.8 Å². The molecule has 262 valence electrons. The van der Waals surface area contributed by atoms with Gasteiger partial charge in [0.25, 0.3) is 0 Å². The van der Waals surface area contributed by atoms with E-state index in [1.54, 1.807) is 0 Å². The minimum absolute atomic E-state index is 0.585. The second-order valence-electron chi connectivity index (χ2n) is 14.1. The fourth-order valence-electron chi connectivity index (χ4n) is 7.91. The summed E-state index contributed by atoms with van der Waals surface area (Å²) in [4.78, 5) is 15.2. The Morgan fingerprint density at radius 1 is 0.304 bits per heavy atom. The first-order valence-electron chi connectivity index (χ1n) is 18.8. The molecule has 0 N–H and O–H groups in total. The predicted octanol–water partition coefficient (Wildman–Crippen LogP) is 13.2. The molecule has 0 radical (unpaired) electrons. The van der Waals surface area contributed by atoms with Gasteiger partial charge >= 0.3 is 0 Å². The number of para-hydroxylation sites is 2. The number of aromatic nitrogens is 4. The first-order valence-corrected chi connectivity index (χ1v) is 18.8. The lowest BCUT2D eigenvalue weighted by Gasteiger charge is -2.11. The van der Waals surface area contributed by atoms with E-state index in [1.807, 2.05) is 36.4 Å². The van der Waals surface area contributed by atoms with Crippen molar-refractivity contribution >= 4 is 43.7 Å². The van der Waals surface area contributed by atoms with Crippen LogP contribution in [0.15, 0.2) is 199 Å². The minimum Gasteiger partial charge on any atom is -0.456 e. The van der Waals surface area contributed by atoms with Crippen LogP contribution in [-0.4, -0.2) is 19.5 Å². The van der Waals surface area contributed by atoms with E-state index in [2.05, 4.69) is 162 Å². The maximum absolute atomic E-state index is 6.33. The highest BCUT2D eigenvalue weighted by molar-refractivity contribution is 6.09. The molecule has 5 heteroatoms. The monoisotopic (exact) mass is 716 g/mol. The van der Waals surface area contributed by atoms with Crippen LogP contribution in [0.1, 0.15) is 0 Å². The van der Waals surface area contributed by atoms with Gasteiger partial charge in [0.15, 0.2) is 11.6 Å². The fraction of sp³-hybridized carbons (Fsp3) is 0. The molecule has 0 amide bonds. The van der Waals surface area contributed by atoms with Crippen molar-refractivity contribution in [3.8, 4) is 62.1 Å². The van der Waals surface area contributed by atoms with E-state index in [0.29, 0.717) is 17.6 Å². The quantitative estimate of drug-likeness (QED) is 0.172. The van der Waals surface area contributed by atoms with Gasteiger partial charge in [0.05, 0.1) is 11.0 Å². The van der Waals surface area contributed by atoms with Crippen LogP contribution in [0.4, 0.5) is 0 Å². The normalized spacial score (nSPS) is 11.6. The summed E-state index contributed by atoms with van der Waals surface area (Å²) in [6.07, 6.45) is 0. The Balaban J connectivity index is 0.956. The maximum Gasteiger partial charge on any atom is 0.238 e. The van der Waals surface area contributed by atoms with Crippen LogP contribution in [0.25, 0.3) is 106 Å². The Kier molecular flexibility index (Phi) is 7.42. The average molecular weight is 717 g/mol. The molecular weight excluding hydrogens is 685 g/mol. The van der Waals surface area contributed by atoms with Gasteiger partial charge in [0, 0.05) is 32.7 Å². The molecule has 0 aliphatic heterocycles. The Hall–Kier alpha value is -7.63. The SMILES string of the molecule is c1ccc(-c2ccc3c(c2)oc2ccc(-c4cccc(-c5ccc(-c6nc(-c7ccccc7)nc(-n7c8ccccc8c8ccccc87)n6)cc5)c4)cc23)cc1. The summed E-state index contributed by atoms with van der Waals surface area (Å²) in [6.45, 7) is 0. The standard InChI is InChI=1S/C51H32N4O/c1-3-12-33(13-4-1)40-26-28-43-44-31-39(27-29-47(44)56-48(43)32-40)38-17-11-16-37(30-38)34-22-24-36(25-23-34)50-52-49(35-14-5-2-6-15-35)53-51(54-50)55-45-20-9-7-18-41(45)42-19-8-10-21-46(42)55/h1-32H. The first kappa shape index (κ1) is 31.9. The Morgan fingerprint density at radius 3 is 1.48 bits per heavy atom. The fourth-order valence-corrected chi connectivity index (χ4v) is 7.91. The van der Waals surface area contributed by atoms with Crippen LogP contribution in [0.3, 0.4) is 0 Å². The third-order valence-corrected chi connectivity index (χ3v) is 10.7. The van der Waals surface area contributed by atoms with Gasteiger partial charge in [-0.15, -0.1) is 0 Å². The zero-order valence-electron chi connectivity index (χ0n) is 30.2. The lowest BCUT2D eigenvalue weighted by atomic mass is 9.97. The van der Waals surface area contributed by atoms with Crippen LogP contribution in [0, 0.1) is 0 Å². The van der Waals surface area contributed by atoms with E-state index in [0.717, 1.165) is 82.7 Å². The summed E-state index contributed by atoms with van der Waals surface area (Å²) in [5.41, 5.74) is 12.6. The Bertz CT molecular complexity index is 3180. The molecule has 0 bridgehead atoms. The highest BCUT2D eigenvalue weighted by Gasteiger charge is 2.18. The van der Waals surface area contributed by atoms with Crippen molar-refractivity contribution in [1.29, 1.82) is 0 Å². The lowest BCUT2D eigenvalue weighted by molar-refractivity contribution is 0.669. The first-order chi connectivity index (χ1) is 27.7.